The topological polar surface area (TPSA) is 106 Å². The number of aryl methyl sites for hydroxylation is 1. The van der Waals surface area contributed by atoms with Gasteiger partial charge in [0.1, 0.15) is 0 Å². The molecular weight excluding hydrogens is 465 g/mol. The first kappa shape index (κ1) is 26.9. The molecule has 1 fully saturated rings. The number of nitrogens with zero attached hydrogens (tertiary/aromatic N) is 3. The van der Waals surface area contributed by atoms with E-state index in [2.05, 4.69) is 29.0 Å². The summed E-state index contributed by atoms with van der Waals surface area (Å²) in [7, 11) is -2.49. The molecule has 2 amide bonds. The second-order valence-electron chi connectivity index (χ2n) is 7.66. The summed E-state index contributed by atoms with van der Waals surface area (Å²) in [5.41, 5.74) is 1.78. The van der Waals surface area contributed by atoms with Crippen molar-refractivity contribution in [1.29, 1.82) is 0 Å². The molecule has 2 N–H and O–H groups in total. The van der Waals surface area contributed by atoms with Crippen molar-refractivity contribution in [2.24, 2.45) is 7.05 Å². The molecule has 1 saturated heterocycles. The summed E-state index contributed by atoms with van der Waals surface area (Å²) in [5.74, 6) is 0.251. The molecule has 1 aliphatic heterocycles. The first-order valence-corrected chi connectivity index (χ1v) is 12.0. The van der Waals surface area contributed by atoms with Crippen LogP contribution in [0.2, 0.25) is 5.02 Å². The van der Waals surface area contributed by atoms with E-state index < -0.39 is 16.2 Å². The molecule has 0 aliphatic carbocycles. The van der Waals surface area contributed by atoms with Crippen LogP contribution in [0, 0.1) is 0 Å². The second kappa shape index (κ2) is 11.7. The number of amides is 2. The van der Waals surface area contributed by atoms with Crippen molar-refractivity contribution in [3.05, 3.63) is 41.2 Å². The van der Waals surface area contributed by atoms with Crippen LogP contribution in [0.4, 0.5) is 16.2 Å². The molecule has 9 nitrogen and oxygen atoms in total. The van der Waals surface area contributed by atoms with E-state index in [1.807, 2.05) is 6.07 Å². The molecule has 172 valence electrons. The summed E-state index contributed by atoms with van der Waals surface area (Å²) >= 11 is 6.18. The maximum atomic E-state index is 13.2. The zero-order valence-corrected chi connectivity index (χ0v) is 19.4. The molecule has 2 aromatic rings. The van der Waals surface area contributed by atoms with Gasteiger partial charge in [-0.15, -0.1) is 0 Å². The van der Waals surface area contributed by atoms with Gasteiger partial charge >= 0.3 is 45.8 Å². The van der Waals surface area contributed by atoms with Crippen LogP contribution in [-0.2, 0) is 22.0 Å². The molecule has 1 atom stereocenters. The van der Waals surface area contributed by atoms with E-state index in [-0.39, 0.29) is 41.5 Å². The zero-order valence-electron chi connectivity index (χ0n) is 17.8. The molecule has 2 heterocycles. The third-order valence-electron chi connectivity index (χ3n) is 5.31. The minimum atomic E-state index is -4.19. The number of carbonyl (C=O) groups is 1. The molecule has 12 heteroatoms. The number of hydrogen-bond acceptors (Lipinski definition) is 5. The number of urea groups is 1. The van der Waals surface area contributed by atoms with Crippen molar-refractivity contribution in [2.45, 2.75) is 45.1 Å². The van der Waals surface area contributed by atoms with E-state index in [4.69, 9.17) is 16.3 Å². The van der Waals surface area contributed by atoms with E-state index in [0.717, 1.165) is 12.0 Å². The molecule has 3 rings (SSSR count). The van der Waals surface area contributed by atoms with Gasteiger partial charge in [-0.3, -0.25) is 4.68 Å². The molecule has 1 unspecified atom stereocenters. The Morgan fingerprint density at radius 1 is 1.34 bits per heavy atom. The van der Waals surface area contributed by atoms with Gasteiger partial charge < -0.3 is 10.1 Å². The monoisotopic (exact) mass is 493 g/mol. The number of halogens is 1. The fraction of sp³-hybridized carbons (Fsp3) is 0.500. The number of benzene rings is 1. The van der Waals surface area contributed by atoms with Gasteiger partial charge in [0, 0.05) is 37.2 Å². The number of aromatic nitrogens is 2. The Balaban J connectivity index is 0.00000363. The molecule has 32 heavy (non-hydrogen) atoms. The summed E-state index contributed by atoms with van der Waals surface area (Å²) in [6, 6.07) is 4.01. The van der Waals surface area contributed by atoms with Crippen LogP contribution in [0.1, 0.15) is 44.6 Å². The number of rotatable bonds is 7. The van der Waals surface area contributed by atoms with Crippen molar-refractivity contribution < 1.29 is 17.9 Å². The maximum absolute atomic E-state index is 13.2. The van der Waals surface area contributed by atoms with Gasteiger partial charge in [0.25, 0.3) is 0 Å². The second-order valence-corrected chi connectivity index (χ2v) is 9.64. The molecule has 0 bridgehead atoms. The van der Waals surface area contributed by atoms with Crippen molar-refractivity contribution in [2.75, 3.05) is 22.8 Å². The molecule has 0 spiro atoms. The quantitative estimate of drug-likeness (QED) is 0.577. The van der Waals surface area contributed by atoms with Gasteiger partial charge in [-0.1, -0.05) is 25.4 Å². The Kier molecular flexibility index (Phi) is 9.86. The SMILES string of the molecule is CCC(C)c1cc(Cl)cc(NC(=O)NS(=O)(=O)N(c2cnn(C)c2)C2CCOCC2)c1.[NaH]. The number of ether oxygens (including phenoxy) is 1. The Labute approximate surface area is 216 Å². The van der Waals surface area contributed by atoms with Crippen LogP contribution in [0.5, 0.6) is 0 Å². The summed E-state index contributed by atoms with van der Waals surface area (Å²) in [5, 5.41) is 7.13. The van der Waals surface area contributed by atoms with Crippen LogP contribution < -0.4 is 14.3 Å². The first-order chi connectivity index (χ1) is 14.7. The average molecular weight is 494 g/mol. The van der Waals surface area contributed by atoms with Gasteiger partial charge in [-0.2, -0.15) is 13.5 Å². The van der Waals surface area contributed by atoms with Gasteiger partial charge in [0.05, 0.1) is 17.9 Å². The van der Waals surface area contributed by atoms with E-state index >= 15 is 0 Å². The molecular formula is C20H29ClN5NaO4S. The number of hydrogen-bond donors (Lipinski definition) is 2. The van der Waals surface area contributed by atoms with Gasteiger partial charge in [-0.25, -0.2) is 13.8 Å². The summed E-state index contributed by atoms with van der Waals surface area (Å²) in [6.45, 7) is 5.01. The van der Waals surface area contributed by atoms with Crippen LogP contribution in [-0.4, -0.2) is 73.0 Å². The third-order valence-corrected chi connectivity index (χ3v) is 7.00. The molecule has 0 saturated carbocycles. The van der Waals surface area contributed by atoms with Crippen molar-refractivity contribution >= 4 is 68.8 Å². The summed E-state index contributed by atoms with van der Waals surface area (Å²) in [6.07, 6.45) is 5.00. The minimum absolute atomic E-state index is 0. The molecule has 1 aromatic carbocycles. The first-order valence-electron chi connectivity index (χ1n) is 10.2. The van der Waals surface area contributed by atoms with Gasteiger partial charge in [-0.05, 0) is 48.9 Å². The van der Waals surface area contributed by atoms with Crippen molar-refractivity contribution in [1.82, 2.24) is 14.5 Å². The van der Waals surface area contributed by atoms with Crippen LogP contribution >= 0.6 is 11.6 Å². The Bertz CT molecular complexity index is 1030. The fourth-order valence-electron chi connectivity index (χ4n) is 3.52. The Morgan fingerprint density at radius 3 is 2.62 bits per heavy atom. The van der Waals surface area contributed by atoms with E-state index in [9.17, 15) is 13.2 Å². The zero-order chi connectivity index (χ0) is 22.6. The molecule has 1 aromatic heterocycles. The summed E-state index contributed by atoms with van der Waals surface area (Å²) < 4.78 is 36.6. The predicted molar refractivity (Wildman–Crippen MR) is 128 cm³/mol. The van der Waals surface area contributed by atoms with Crippen LogP contribution in [0.25, 0.3) is 0 Å². The van der Waals surface area contributed by atoms with Crippen LogP contribution in [0.15, 0.2) is 30.6 Å². The summed E-state index contributed by atoms with van der Waals surface area (Å²) in [4.78, 5) is 12.6. The molecule has 1 aliphatic rings. The van der Waals surface area contributed by atoms with Gasteiger partial charge in [0.15, 0.2) is 0 Å². The third kappa shape index (κ3) is 6.85. The predicted octanol–water partition coefficient (Wildman–Crippen LogP) is 2.99. The molecule has 0 radical (unpaired) electrons. The standard InChI is InChI=1S/C20H28ClN5O4S.Na.H/c1-4-14(2)15-9-16(21)11-17(10-15)23-20(27)24-31(28,29)26(18-5-7-30-8-6-18)19-12-22-25(3)13-19;;/h9-14,18H,4-8H2,1-3H3,(H2,23,24,27);;. The Hall–Kier alpha value is -1.30. The normalized spacial score (nSPS) is 15.5. The van der Waals surface area contributed by atoms with Crippen molar-refractivity contribution in [3.8, 4) is 0 Å². The van der Waals surface area contributed by atoms with E-state index in [0.29, 0.717) is 42.5 Å². The average Bonchev–Trinajstić information content (AvgIpc) is 3.12. The number of nitrogens with one attached hydrogen (secondary N) is 2. The fourth-order valence-corrected chi connectivity index (χ4v) is 5.12. The van der Waals surface area contributed by atoms with Crippen LogP contribution in [0.3, 0.4) is 0 Å². The van der Waals surface area contributed by atoms with Gasteiger partial charge in [0.2, 0.25) is 0 Å². The number of carbonyl (C=O) groups excluding carboxylic acids is 1. The Morgan fingerprint density at radius 2 is 2.03 bits per heavy atom. The van der Waals surface area contributed by atoms with E-state index in [1.165, 1.54) is 15.2 Å². The van der Waals surface area contributed by atoms with Crippen molar-refractivity contribution in [3.63, 3.8) is 0 Å². The number of anilines is 2. The van der Waals surface area contributed by atoms with E-state index in [1.54, 1.807) is 25.4 Å².